The number of carboxylic acid groups (broad SMARTS) is 1. The lowest BCUT2D eigenvalue weighted by molar-refractivity contribution is -0.147. The predicted molar refractivity (Wildman–Crippen MR) is 111 cm³/mol. The van der Waals surface area contributed by atoms with Crippen LogP contribution in [0.15, 0.2) is 91.0 Å². The lowest BCUT2D eigenvalue weighted by atomic mass is 10.2. The molecule has 1 aliphatic heterocycles. The van der Waals surface area contributed by atoms with Crippen LogP contribution in [-0.2, 0) is 9.53 Å². The van der Waals surface area contributed by atoms with Gasteiger partial charge < -0.3 is 9.84 Å². The first kappa shape index (κ1) is 19.4. The summed E-state index contributed by atoms with van der Waals surface area (Å²) < 4.78 is 9.23. The van der Waals surface area contributed by atoms with Crippen LogP contribution in [0.25, 0.3) is 0 Å². The molecule has 1 fully saturated rings. The molecule has 3 aromatic carbocycles. The number of ether oxygens (including phenoxy) is 1. The summed E-state index contributed by atoms with van der Waals surface area (Å²) in [6, 6.07) is 32.7. The Morgan fingerprint density at radius 2 is 1.19 bits per heavy atom. The Kier molecular flexibility index (Phi) is 7.24. The van der Waals surface area contributed by atoms with Gasteiger partial charge in [0.1, 0.15) is 0 Å². The molecule has 1 saturated heterocycles. The smallest absolute Gasteiger partial charge is 0.383 e. The second-order valence-corrected chi connectivity index (χ2v) is 9.37. The Labute approximate surface area is 164 Å². The maximum atomic E-state index is 10.1. The van der Waals surface area contributed by atoms with Gasteiger partial charge in [-0.3, -0.25) is 0 Å². The van der Waals surface area contributed by atoms with Crippen molar-refractivity contribution in [1.29, 1.82) is 0 Å². The van der Waals surface area contributed by atoms with Gasteiger partial charge in [-0.15, -0.1) is 0 Å². The summed E-state index contributed by atoms with van der Waals surface area (Å²) in [6.45, 7) is 0.608. The van der Waals surface area contributed by atoms with Crippen molar-refractivity contribution in [2.45, 2.75) is 18.9 Å². The number of hydrogen-bond donors (Lipinski definition) is 1. The molecule has 0 spiro atoms. The van der Waals surface area contributed by atoms with E-state index in [0.717, 1.165) is 6.42 Å². The second-order valence-electron chi connectivity index (χ2n) is 6.50. The molecular weight excluding hydrogens is 351 g/mol. The quantitative estimate of drug-likeness (QED) is 0.714. The molecule has 1 unspecified atom stereocenters. The van der Waals surface area contributed by atoms with E-state index in [4.69, 9.17) is 9.84 Å². The van der Waals surface area contributed by atoms with Crippen LogP contribution >= 0.6 is 0 Å². The zero-order valence-corrected chi connectivity index (χ0v) is 16.4. The van der Waals surface area contributed by atoms with E-state index in [9.17, 15) is 4.79 Å². The fraction of sp³-hybridized carbons (Fsp3) is 0.174. The van der Waals surface area contributed by atoms with Gasteiger partial charge in [0.05, 0.1) is 0 Å². The van der Waals surface area contributed by atoms with E-state index < -0.39 is 26.2 Å². The van der Waals surface area contributed by atoms with Crippen LogP contribution in [0.3, 0.4) is 0 Å². The maximum Gasteiger partial charge on any atom is 0.383 e. The van der Waals surface area contributed by atoms with Crippen molar-refractivity contribution in [2.75, 3.05) is 6.61 Å². The molecule has 0 amide bonds. The third-order valence-electron chi connectivity index (χ3n) is 4.60. The molecule has 0 aliphatic carbocycles. The number of carbonyl (C=O) groups is 1. The Hall–Kier alpha value is -2.38. The van der Waals surface area contributed by atoms with Crippen molar-refractivity contribution < 1.29 is 14.6 Å². The minimum absolute atomic E-state index is 0.519. The minimum Gasteiger partial charge on any atom is -0.479 e. The highest BCUT2D eigenvalue weighted by molar-refractivity contribution is 6.95. The van der Waals surface area contributed by atoms with Crippen molar-refractivity contribution in [3.63, 3.8) is 0 Å². The molecule has 0 radical (unpaired) electrons. The van der Waals surface area contributed by atoms with Crippen molar-refractivity contribution in [3.05, 3.63) is 91.0 Å². The van der Waals surface area contributed by atoms with Gasteiger partial charge in [0, 0.05) is 6.61 Å². The first-order valence-electron chi connectivity index (χ1n) is 9.25. The molecule has 4 rings (SSSR count). The molecule has 3 aromatic rings. The highest BCUT2D eigenvalue weighted by Crippen LogP contribution is 2.10. The molecule has 1 aliphatic rings. The summed E-state index contributed by atoms with van der Waals surface area (Å²) in [4.78, 5) is 10.1. The Morgan fingerprint density at radius 3 is 1.44 bits per heavy atom. The van der Waals surface area contributed by atoms with Gasteiger partial charge in [-0.1, -0.05) is 104 Å². The predicted octanol–water partition coefficient (Wildman–Crippen LogP) is 2.45. The first-order valence-corrected chi connectivity index (χ1v) is 11.0. The Bertz CT molecular complexity index is 722. The number of hydrogen-bond acceptors (Lipinski definition) is 2. The van der Waals surface area contributed by atoms with Gasteiger partial charge in [0.25, 0.3) is 0 Å². The largest absolute Gasteiger partial charge is 0.479 e. The summed E-state index contributed by atoms with van der Waals surface area (Å²) in [5.41, 5.74) is 0. The third kappa shape index (κ3) is 5.55. The van der Waals surface area contributed by atoms with Crippen molar-refractivity contribution >= 4 is 33.4 Å². The number of carboxylic acids is 1. The molecule has 1 atom stereocenters. The fourth-order valence-electron chi connectivity index (χ4n) is 3.29. The molecule has 0 aromatic heterocycles. The zero-order valence-electron chi connectivity index (χ0n) is 15.2. The Morgan fingerprint density at radius 1 is 0.778 bits per heavy atom. The van der Waals surface area contributed by atoms with Gasteiger partial charge in [-0.25, -0.2) is 4.79 Å². The molecule has 27 heavy (non-hydrogen) atoms. The van der Waals surface area contributed by atoms with Crippen molar-refractivity contribution in [1.82, 2.24) is 0 Å². The Balaban J connectivity index is 0.000000221. The van der Waals surface area contributed by atoms with Gasteiger partial charge in [-0.05, 0) is 12.8 Å². The molecular formula is C23H23AlO3. The van der Waals surface area contributed by atoms with Crippen LogP contribution in [0.1, 0.15) is 12.8 Å². The number of rotatable bonds is 4. The highest BCUT2D eigenvalue weighted by atomic mass is 27.2. The van der Waals surface area contributed by atoms with E-state index in [1.165, 1.54) is 13.3 Å². The van der Waals surface area contributed by atoms with Crippen LogP contribution in [0.2, 0.25) is 0 Å². The monoisotopic (exact) mass is 374 g/mol. The maximum absolute atomic E-state index is 10.1. The van der Waals surface area contributed by atoms with Crippen LogP contribution < -0.4 is 13.3 Å². The zero-order chi connectivity index (χ0) is 18.9. The topological polar surface area (TPSA) is 46.5 Å². The molecule has 136 valence electrons. The average Bonchev–Trinajstić information content (AvgIpc) is 3.27. The highest BCUT2D eigenvalue weighted by Gasteiger charge is 2.24. The summed E-state index contributed by atoms with van der Waals surface area (Å²) in [5, 5.41) is 8.29. The molecule has 1 heterocycles. The fourth-order valence-corrected chi connectivity index (χ4v) is 6.26. The van der Waals surface area contributed by atoms with Gasteiger partial charge in [0.15, 0.2) is 6.10 Å². The summed E-state index contributed by atoms with van der Waals surface area (Å²) >= 11 is -1.31. The lowest BCUT2D eigenvalue weighted by Crippen LogP contribution is -2.51. The third-order valence-corrected chi connectivity index (χ3v) is 7.76. The SMILES string of the molecule is O=C(O)C1CCCO1.c1cc[c]([Al]([c]2ccccc2)[c]2ccccc2)cc1. The summed E-state index contributed by atoms with van der Waals surface area (Å²) in [5.74, 6) is -0.831. The van der Waals surface area contributed by atoms with E-state index in [1.807, 2.05) is 0 Å². The van der Waals surface area contributed by atoms with E-state index in [0.29, 0.717) is 13.0 Å². The molecule has 1 N–H and O–H groups in total. The number of aliphatic carboxylic acids is 1. The van der Waals surface area contributed by atoms with Crippen molar-refractivity contribution in [3.8, 4) is 0 Å². The van der Waals surface area contributed by atoms with E-state index in [1.54, 1.807) is 0 Å². The van der Waals surface area contributed by atoms with Gasteiger partial charge in [0.2, 0.25) is 0 Å². The van der Waals surface area contributed by atoms with E-state index in [2.05, 4.69) is 91.0 Å². The first-order chi connectivity index (χ1) is 13.3. The lowest BCUT2D eigenvalue weighted by Gasteiger charge is -2.13. The molecule has 0 bridgehead atoms. The molecule has 0 saturated carbocycles. The summed E-state index contributed by atoms with van der Waals surface area (Å²) in [7, 11) is 0. The average molecular weight is 374 g/mol. The minimum atomic E-state index is -1.31. The van der Waals surface area contributed by atoms with Gasteiger partial charge >= 0.3 is 20.1 Å². The van der Waals surface area contributed by atoms with Crippen LogP contribution in [0.4, 0.5) is 0 Å². The standard InChI is InChI=1S/3C6H5.C5H8O3.Al/c3*1-2-4-6-5-3-1;6-5(7)4-2-1-3-8-4;/h3*1-5H;4H,1-3H2,(H,6,7);. The van der Waals surface area contributed by atoms with Crippen molar-refractivity contribution in [2.24, 2.45) is 0 Å². The van der Waals surface area contributed by atoms with E-state index in [-0.39, 0.29) is 0 Å². The van der Waals surface area contributed by atoms with Gasteiger partial charge in [-0.2, -0.15) is 0 Å². The second kappa shape index (κ2) is 10.1. The molecule has 3 nitrogen and oxygen atoms in total. The summed E-state index contributed by atoms with van der Waals surface area (Å²) in [6.07, 6.45) is 1.04. The van der Waals surface area contributed by atoms with Crippen LogP contribution in [0.5, 0.6) is 0 Å². The van der Waals surface area contributed by atoms with Crippen LogP contribution in [-0.4, -0.2) is 37.9 Å². The number of benzene rings is 3. The normalized spacial score (nSPS) is 15.5. The van der Waals surface area contributed by atoms with E-state index >= 15 is 0 Å². The van der Waals surface area contributed by atoms with Crippen LogP contribution in [0, 0.1) is 0 Å². The molecule has 4 heteroatoms.